The molecule has 0 radical (unpaired) electrons. The van der Waals surface area contributed by atoms with Gasteiger partial charge in [0.05, 0.1) is 25.4 Å². The van der Waals surface area contributed by atoms with E-state index < -0.39 is 24.1 Å². The van der Waals surface area contributed by atoms with Gasteiger partial charge < -0.3 is 19.6 Å². The monoisotopic (exact) mass is 372 g/mol. The van der Waals surface area contributed by atoms with Gasteiger partial charge in [-0.1, -0.05) is 0 Å². The number of urea groups is 1. The number of carbonyl (C=O) groups is 3. The highest BCUT2D eigenvalue weighted by Gasteiger charge is 2.46. The first-order chi connectivity index (χ1) is 12.5. The van der Waals surface area contributed by atoms with E-state index in [0.29, 0.717) is 50.4 Å². The number of fused-ring (bicyclic) bond motifs is 2. The maximum absolute atomic E-state index is 12.2. The van der Waals surface area contributed by atoms with Gasteiger partial charge in [-0.25, -0.2) is 20.1 Å². The van der Waals surface area contributed by atoms with E-state index in [4.69, 9.17) is 14.7 Å². The Hall–Kier alpha value is -2.11. The van der Waals surface area contributed by atoms with Crippen molar-refractivity contribution in [3.63, 3.8) is 0 Å². The molecule has 4 amide bonds. The molecule has 0 aliphatic carbocycles. The van der Waals surface area contributed by atoms with Crippen molar-refractivity contribution in [3.05, 3.63) is 0 Å². The molecule has 2 bridgehead atoms. The van der Waals surface area contributed by atoms with Gasteiger partial charge in [0.15, 0.2) is 0 Å². The van der Waals surface area contributed by atoms with Gasteiger partial charge in [0.1, 0.15) is 6.04 Å². The lowest BCUT2D eigenvalue weighted by Gasteiger charge is -2.30. The number of likely N-dealkylation sites (tertiary alicyclic amines) is 1. The molecule has 3 fully saturated rings. The summed E-state index contributed by atoms with van der Waals surface area (Å²) in [5, 5.41) is 19.2. The van der Waals surface area contributed by atoms with Crippen LogP contribution in [0.5, 0.6) is 0 Å². The van der Waals surface area contributed by atoms with Crippen LogP contribution in [-0.4, -0.2) is 94.2 Å². The van der Waals surface area contributed by atoms with Crippen LogP contribution >= 0.6 is 0 Å². The number of nitrogens with one attached hydrogen (secondary N) is 1. The Kier molecular flexibility index (Phi) is 5.79. The summed E-state index contributed by atoms with van der Waals surface area (Å²) in [5.74, 6) is -0.415. The molecule has 0 aromatic heterocycles. The van der Waals surface area contributed by atoms with Crippen molar-refractivity contribution in [3.8, 4) is 0 Å². The lowest BCUT2D eigenvalue weighted by atomic mass is 10.0. The number of piperidine rings is 2. The van der Waals surface area contributed by atoms with Crippen LogP contribution in [-0.2, 0) is 14.4 Å². The van der Waals surface area contributed by atoms with Crippen LogP contribution in [0.3, 0.4) is 0 Å². The van der Waals surface area contributed by atoms with E-state index in [2.05, 4.69) is 5.48 Å². The van der Waals surface area contributed by atoms with Gasteiger partial charge in [-0.05, 0) is 25.7 Å². The molecule has 11 heteroatoms. The lowest BCUT2D eigenvalue weighted by molar-refractivity contribution is -0.140. The van der Waals surface area contributed by atoms with E-state index in [1.54, 1.807) is 0 Å². The average molecular weight is 372 g/mol. The SMILES string of the molecule is O=C(NOCCOC1CCN(C(=O)O)CC1)[C@@H]1CC[C@@H]2CN1C(=O)N2O. The molecular weight excluding hydrogens is 348 g/mol. The summed E-state index contributed by atoms with van der Waals surface area (Å²) in [7, 11) is 0. The van der Waals surface area contributed by atoms with Crippen LogP contribution in [0, 0.1) is 0 Å². The fourth-order valence-electron chi connectivity index (χ4n) is 3.58. The van der Waals surface area contributed by atoms with Crippen LogP contribution in [0.25, 0.3) is 0 Å². The number of hydroxylamine groups is 3. The van der Waals surface area contributed by atoms with E-state index >= 15 is 0 Å². The molecule has 0 unspecified atom stereocenters. The summed E-state index contributed by atoms with van der Waals surface area (Å²) in [6.07, 6.45) is 1.38. The van der Waals surface area contributed by atoms with Gasteiger partial charge in [0.2, 0.25) is 0 Å². The highest BCUT2D eigenvalue weighted by Crippen LogP contribution is 2.28. The molecule has 0 saturated carbocycles. The molecule has 2 atom stereocenters. The number of hydrogen-bond acceptors (Lipinski definition) is 6. The Labute approximate surface area is 150 Å². The van der Waals surface area contributed by atoms with E-state index in [-0.39, 0.29) is 25.4 Å². The highest BCUT2D eigenvalue weighted by atomic mass is 16.7. The van der Waals surface area contributed by atoms with Crippen molar-refractivity contribution in [2.45, 2.75) is 43.9 Å². The minimum Gasteiger partial charge on any atom is -0.465 e. The van der Waals surface area contributed by atoms with Crippen LogP contribution in [0.4, 0.5) is 9.59 Å². The van der Waals surface area contributed by atoms with Crippen molar-refractivity contribution in [1.29, 1.82) is 0 Å². The van der Waals surface area contributed by atoms with Gasteiger partial charge in [-0.15, -0.1) is 0 Å². The van der Waals surface area contributed by atoms with Crippen LogP contribution < -0.4 is 5.48 Å². The Morgan fingerprint density at radius 2 is 1.88 bits per heavy atom. The number of amides is 4. The summed E-state index contributed by atoms with van der Waals surface area (Å²) in [6.45, 7) is 1.67. The molecule has 3 heterocycles. The lowest BCUT2D eigenvalue weighted by Crippen LogP contribution is -2.49. The average Bonchev–Trinajstić information content (AvgIpc) is 2.86. The predicted molar refractivity (Wildman–Crippen MR) is 85.2 cm³/mol. The highest BCUT2D eigenvalue weighted by molar-refractivity contribution is 5.87. The van der Waals surface area contributed by atoms with Gasteiger partial charge in [-0.3, -0.25) is 14.8 Å². The normalized spacial score (nSPS) is 26.3. The fourth-order valence-corrected chi connectivity index (χ4v) is 3.58. The first-order valence-electron chi connectivity index (χ1n) is 8.77. The summed E-state index contributed by atoms with van der Waals surface area (Å²) in [6, 6.07) is -1.44. The molecule has 3 aliphatic heterocycles. The Morgan fingerprint density at radius 1 is 1.15 bits per heavy atom. The summed E-state index contributed by atoms with van der Waals surface area (Å²) in [5.41, 5.74) is 2.33. The molecule has 26 heavy (non-hydrogen) atoms. The van der Waals surface area contributed by atoms with Crippen molar-refractivity contribution in [2.24, 2.45) is 0 Å². The zero-order valence-electron chi connectivity index (χ0n) is 14.4. The van der Waals surface area contributed by atoms with Crippen LogP contribution in [0.2, 0.25) is 0 Å². The molecule has 146 valence electrons. The summed E-state index contributed by atoms with van der Waals surface area (Å²) < 4.78 is 5.62. The van der Waals surface area contributed by atoms with Crippen LogP contribution in [0.15, 0.2) is 0 Å². The maximum atomic E-state index is 12.2. The van der Waals surface area contributed by atoms with Gasteiger partial charge in [0, 0.05) is 19.6 Å². The molecule has 0 spiro atoms. The second kappa shape index (κ2) is 8.06. The second-order valence-corrected chi connectivity index (χ2v) is 6.68. The number of carboxylic acid groups (broad SMARTS) is 1. The molecule has 3 saturated heterocycles. The Bertz CT molecular complexity index is 552. The van der Waals surface area contributed by atoms with Crippen molar-refractivity contribution < 1.29 is 34.3 Å². The summed E-state index contributed by atoms with van der Waals surface area (Å²) >= 11 is 0. The van der Waals surface area contributed by atoms with Crippen LogP contribution in [0.1, 0.15) is 25.7 Å². The van der Waals surface area contributed by atoms with E-state index in [9.17, 15) is 19.6 Å². The largest absolute Gasteiger partial charge is 0.465 e. The van der Waals surface area contributed by atoms with Gasteiger partial charge in [-0.2, -0.15) is 0 Å². The molecule has 3 rings (SSSR count). The Balaban J connectivity index is 1.30. The number of ether oxygens (including phenoxy) is 1. The van der Waals surface area contributed by atoms with Crippen molar-refractivity contribution >= 4 is 18.0 Å². The third-order valence-corrected chi connectivity index (χ3v) is 5.07. The maximum Gasteiger partial charge on any atom is 0.407 e. The van der Waals surface area contributed by atoms with E-state index in [0.717, 1.165) is 0 Å². The Morgan fingerprint density at radius 3 is 2.58 bits per heavy atom. The number of hydrogen-bond donors (Lipinski definition) is 3. The first-order valence-corrected chi connectivity index (χ1v) is 8.77. The van der Waals surface area contributed by atoms with Gasteiger partial charge >= 0.3 is 12.1 Å². The molecule has 0 aromatic rings. The minimum atomic E-state index is -0.913. The zero-order valence-corrected chi connectivity index (χ0v) is 14.4. The summed E-state index contributed by atoms with van der Waals surface area (Å²) in [4.78, 5) is 42.7. The molecule has 0 aromatic carbocycles. The topological polar surface area (TPSA) is 132 Å². The smallest absolute Gasteiger partial charge is 0.407 e. The van der Waals surface area contributed by atoms with Crippen molar-refractivity contribution in [1.82, 2.24) is 20.3 Å². The van der Waals surface area contributed by atoms with E-state index in [1.807, 2.05) is 0 Å². The predicted octanol–water partition coefficient (Wildman–Crippen LogP) is -0.149. The first kappa shape index (κ1) is 18.7. The second-order valence-electron chi connectivity index (χ2n) is 6.68. The fraction of sp³-hybridized carbons (Fsp3) is 0.800. The quantitative estimate of drug-likeness (QED) is 0.336. The molecule has 11 nitrogen and oxygen atoms in total. The number of rotatable bonds is 6. The standard InChI is InChI=1S/C15H24N4O7/c20-13(12-2-1-10-9-18(12)14(21)19(10)24)16-26-8-7-25-11-3-5-17(6-4-11)15(22)23/h10-12,24H,1-9H2,(H,16,20)(H,22,23)/t10-,12+/m1/s1. The third-order valence-electron chi connectivity index (χ3n) is 5.07. The van der Waals surface area contributed by atoms with Gasteiger partial charge in [0.25, 0.3) is 5.91 Å². The molecule has 3 aliphatic rings. The molecule has 3 N–H and O–H groups in total. The number of nitrogens with zero attached hydrogens (tertiary/aromatic N) is 3. The number of carbonyl (C=O) groups excluding carboxylic acids is 2. The van der Waals surface area contributed by atoms with Crippen molar-refractivity contribution in [2.75, 3.05) is 32.8 Å². The third kappa shape index (κ3) is 4.00. The van der Waals surface area contributed by atoms with E-state index in [1.165, 1.54) is 9.80 Å². The molecular formula is C15H24N4O7. The minimum absolute atomic E-state index is 0.0158. The zero-order chi connectivity index (χ0) is 18.7.